The van der Waals surface area contributed by atoms with Crippen LogP contribution in [0.3, 0.4) is 0 Å². The molecular weight excluding hydrogens is 249 g/mol. The molecule has 0 unspecified atom stereocenters. The first-order valence-corrected chi connectivity index (χ1v) is 6.46. The number of nitrogens with zero attached hydrogens (tertiary/aromatic N) is 1. The van der Waals surface area contributed by atoms with Crippen molar-refractivity contribution >= 4 is 27.3 Å². The molecule has 0 amide bonds. The maximum Gasteiger partial charge on any atom is 0.153 e. The fourth-order valence-electron chi connectivity index (χ4n) is 1.62. The first-order chi connectivity index (χ1) is 8.39. The molecule has 96 valence electrons. The van der Waals surface area contributed by atoms with Crippen molar-refractivity contribution in [2.24, 2.45) is 10.8 Å². The van der Waals surface area contributed by atoms with Crippen LogP contribution in [-0.2, 0) is 0 Å². The van der Waals surface area contributed by atoms with Crippen LogP contribution in [0.2, 0.25) is 0 Å². The van der Waals surface area contributed by atoms with E-state index in [1.54, 1.807) is 6.07 Å². The second-order valence-electron chi connectivity index (χ2n) is 5.07. The summed E-state index contributed by atoms with van der Waals surface area (Å²) in [6.07, 6.45) is 0. The minimum absolute atomic E-state index is 0.219. The summed E-state index contributed by atoms with van der Waals surface area (Å²) in [5, 5.41) is 0.994. The molecule has 2 aromatic rings. The summed E-state index contributed by atoms with van der Waals surface area (Å²) < 4.78 is 14.0. The number of hydrogen-bond acceptors (Lipinski definition) is 3. The molecule has 1 heterocycles. The average Bonchev–Trinajstić information content (AvgIpc) is 2.67. The summed E-state index contributed by atoms with van der Waals surface area (Å²) in [5.41, 5.74) is 2.40. The van der Waals surface area contributed by atoms with Crippen LogP contribution in [-0.4, -0.2) is 11.4 Å². The molecule has 0 aliphatic rings. The highest BCUT2D eigenvalue weighted by Crippen LogP contribution is 2.27. The summed E-state index contributed by atoms with van der Waals surface area (Å²) in [4.78, 5) is 5.42. The van der Waals surface area contributed by atoms with Gasteiger partial charge in [0, 0.05) is 4.70 Å². The molecule has 18 heavy (non-hydrogen) atoms. The van der Waals surface area contributed by atoms with E-state index in [9.17, 15) is 4.39 Å². The van der Waals surface area contributed by atoms with E-state index in [2.05, 4.69) is 10.4 Å². The van der Waals surface area contributed by atoms with Crippen molar-refractivity contribution in [1.82, 2.24) is 5.43 Å². The zero-order valence-electron chi connectivity index (χ0n) is 10.6. The quantitative estimate of drug-likeness (QED) is 0.360. The van der Waals surface area contributed by atoms with Gasteiger partial charge in [0.1, 0.15) is 5.82 Å². The molecule has 2 rings (SSSR count). The van der Waals surface area contributed by atoms with Crippen LogP contribution in [0.4, 0.5) is 4.39 Å². The Morgan fingerprint density at radius 2 is 2.06 bits per heavy atom. The topological polar surface area (TPSA) is 50.4 Å². The first-order valence-electron chi connectivity index (χ1n) is 5.65. The van der Waals surface area contributed by atoms with Gasteiger partial charge in [0.05, 0.1) is 10.4 Å². The van der Waals surface area contributed by atoms with Crippen molar-refractivity contribution in [3.05, 3.63) is 35.0 Å². The van der Waals surface area contributed by atoms with E-state index in [0.29, 0.717) is 5.84 Å². The largest absolute Gasteiger partial charge is 0.308 e. The third-order valence-electron chi connectivity index (χ3n) is 2.30. The lowest BCUT2D eigenvalue weighted by molar-refractivity contribution is 0.580. The van der Waals surface area contributed by atoms with Gasteiger partial charge in [-0.1, -0.05) is 6.07 Å². The molecule has 0 fully saturated rings. The van der Waals surface area contributed by atoms with Crippen LogP contribution in [0, 0.1) is 5.82 Å². The van der Waals surface area contributed by atoms with Crippen molar-refractivity contribution in [3.8, 4) is 0 Å². The lowest BCUT2D eigenvalue weighted by Crippen LogP contribution is -2.33. The molecule has 1 aromatic carbocycles. The van der Waals surface area contributed by atoms with Gasteiger partial charge in [0.25, 0.3) is 0 Å². The number of amidine groups is 1. The van der Waals surface area contributed by atoms with E-state index in [1.165, 1.54) is 23.5 Å². The Bertz CT molecular complexity index is 596. The number of fused-ring (bicyclic) bond motifs is 1. The lowest BCUT2D eigenvalue weighted by atomic mass is 10.1. The Kier molecular flexibility index (Phi) is 3.36. The highest BCUT2D eigenvalue weighted by atomic mass is 32.1. The molecule has 0 aliphatic heterocycles. The zero-order valence-corrected chi connectivity index (χ0v) is 11.4. The molecule has 5 heteroatoms. The number of hydrazine groups is 1. The van der Waals surface area contributed by atoms with E-state index < -0.39 is 0 Å². The Hall–Kier alpha value is -1.46. The standard InChI is InChI=1S/C13H16FN3S/c1-13(2,3)16-12(17-15)11-6-8-4-5-9(14)7-10(8)18-11/h4-7H,15H2,1-3H3,(H,16,17). The number of halogens is 1. The molecule has 0 spiro atoms. The maximum atomic E-state index is 13.1. The normalized spacial score (nSPS) is 13.1. The summed E-state index contributed by atoms with van der Waals surface area (Å²) in [7, 11) is 0. The van der Waals surface area contributed by atoms with Gasteiger partial charge in [0.2, 0.25) is 0 Å². The lowest BCUT2D eigenvalue weighted by Gasteiger charge is -2.14. The number of hydrogen-bond donors (Lipinski definition) is 2. The Labute approximate surface area is 109 Å². The molecule has 3 N–H and O–H groups in total. The smallest absolute Gasteiger partial charge is 0.153 e. The monoisotopic (exact) mass is 265 g/mol. The summed E-state index contributed by atoms with van der Waals surface area (Å²) >= 11 is 1.47. The second kappa shape index (κ2) is 4.66. The van der Waals surface area contributed by atoms with Crippen LogP contribution in [0.1, 0.15) is 25.6 Å². The molecule has 0 saturated heterocycles. The summed E-state index contributed by atoms with van der Waals surface area (Å²) in [6, 6.07) is 6.70. The highest BCUT2D eigenvalue weighted by molar-refractivity contribution is 7.20. The van der Waals surface area contributed by atoms with Crippen molar-refractivity contribution < 1.29 is 4.39 Å². The molecule has 0 bridgehead atoms. The molecule has 0 atom stereocenters. The van der Waals surface area contributed by atoms with Gasteiger partial charge >= 0.3 is 0 Å². The third kappa shape index (κ3) is 2.86. The van der Waals surface area contributed by atoms with Gasteiger partial charge in [-0.05, 0) is 44.4 Å². The number of thiophene rings is 1. The predicted octanol–water partition coefficient (Wildman–Crippen LogP) is 3.05. The molecule has 0 radical (unpaired) electrons. The average molecular weight is 265 g/mol. The van der Waals surface area contributed by atoms with E-state index in [4.69, 9.17) is 5.84 Å². The number of aliphatic imine (C=N–C) groups is 1. The molecule has 1 aromatic heterocycles. The fraction of sp³-hybridized carbons (Fsp3) is 0.308. The van der Waals surface area contributed by atoms with Crippen molar-refractivity contribution in [2.75, 3.05) is 0 Å². The van der Waals surface area contributed by atoms with Gasteiger partial charge in [-0.25, -0.2) is 10.2 Å². The van der Waals surface area contributed by atoms with Crippen molar-refractivity contribution in [3.63, 3.8) is 0 Å². The number of nitrogens with one attached hydrogen (secondary N) is 1. The van der Waals surface area contributed by atoms with E-state index in [-0.39, 0.29) is 11.4 Å². The van der Waals surface area contributed by atoms with Crippen LogP contribution < -0.4 is 11.3 Å². The molecule has 0 saturated carbocycles. The van der Waals surface area contributed by atoms with E-state index in [1.807, 2.05) is 26.8 Å². The van der Waals surface area contributed by atoms with Crippen LogP contribution in [0.5, 0.6) is 0 Å². The van der Waals surface area contributed by atoms with Gasteiger partial charge in [0.15, 0.2) is 5.84 Å². The maximum absolute atomic E-state index is 13.1. The fourth-order valence-corrected chi connectivity index (χ4v) is 2.66. The summed E-state index contributed by atoms with van der Waals surface area (Å²) in [5.74, 6) is 5.91. The van der Waals surface area contributed by atoms with Crippen molar-refractivity contribution in [2.45, 2.75) is 26.3 Å². The second-order valence-corrected chi connectivity index (χ2v) is 6.15. The third-order valence-corrected chi connectivity index (χ3v) is 3.40. The van der Waals surface area contributed by atoms with Gasteiger partial charge in [-0.15, -0.1) is 11.3 Å². The predicted molar refractivity (Wildman–Crippen MR) is 75.4 cm³/mol. The van der Waals surface area contributed by atoms with Crippen LogP contribution >= 0.6 is 11.3 Å². The molecular formula is C13H16FN3S. The minimum Gasteiger partial charge on any atom is -0.308 e. The molecule has 0 aliphatic carbocycles. The first kappa shape index (κ1) is 13.0. The van der Waals surface area contributed by atoms with Gasteiger partial charge in [-0.2, -0.15) is 0 Å². The highest BCUT2D eigenvalue weighted by Gasteiger charge is 2.13. The van der Waals surface area contributed by atoms with Gasteiger partial charge < -0.3 is 5.43 Å². The summed E-state index contributed by atoms with van der Waals surface area (Å²) in [6.45, 7) is 5.99. The van der Waals surface area contributed by atoms with E-state index in [0.717, 1.165) is 15.0 Å². The zero-order chi connectivity index (χ0) is 13.3. The number of benzene rings is 1. The Morgan fingerprint density at radius 1 is 1.33 bits per heavy atom. The van der Waals surface area contributed by atoms with Crippen LogP contribution in [0.15, 0.2) is 29.3 Å². The Balaban J connectivity index is 2.49. The molecule has 3 nitrogen and oxygen atoms in total. The van der Waals surface area contributed by atoms with Crippen LogP contribution in [0.25, 0.3) is 10.1 Å². The SMILES string of the molecule is CC(C)(C)N=C(NN)c1cc2ccc(F)cc2s1. The number of nitrogens with two attached hydrogens (primary N) is 1. The van der Waals surface area contributed by atoms with Crippen molar-refractivity contribution in [1.29, 1.82) is 0 Å². The minimum atomic E-state index is -0.231. The number of rotatable bonds is 1. The van der Waals surface area contributed by atoms with Gasteiger partial charge in [-0.3, -0.25) is 4.99 Å². The van der Waals surface area contributed by atoms with E-state index >= 15 is 0 Å². The Morgan fingerprint density at radius 3 is 2.67 bits per heavy atom.